The van der Waals surface area contributed by atoms with Crippen molar-refractivity contribution in [1.82, 2.24) is 5.32 Å². The first-order valence-corrected chi connectivity index (χ1v) is 5.78. The number of hydrogen-bond acceptors (Lipinski definition) is 4. The van der Waals surface area contributed by atoms with Gasteiger partial charge in [0.25, 0.3) is 5.91 Å². The minimum Gasteiger partial charge on any atom is -0.399 e. The molecule has 0 atom stereocenters. The molecule has 0 spiro atoms. The number of nitrogens with one attached hydrogen (secondary N) is 1. The van der Waals surface area contributed by atoms with Crippen LogP contribution in [0, 0.1) is 0 Å². The number of hydrogen-bond donors (Lipinski definition) is 2. The molecular weight excluding hydrogens is 240 g/mol. The fourth-order valence-corrected chi connectivity index (χ4v) is 1.48. The Morgan fingerprint density at radius 1 is 0.947 bits per heavy atom. The summed E-state index contributed by atoms with van der Waals surface area (Å²) in [5.41, 5.74) is 8.27. The maximum Gasteiger partial charge on any atom is 0.251 e. The van der Waals surface area contributed by atoms with Crippen LogP contribution in [0.3, 0.4) is 0 Å². The van der Waals surface area contributed by atoms with Gasteiger partial charge in [0.2, 0.25) is 0 Å². The molecule has 5 nitrogen and oxygen atoms in total. The minimum absolute atomic E-state index is 0.123. The Hall–Kier alpha value is -2.69. The van der Waals surface area contributed by atoms with E-state index in [0.717, 1.165) is 5.69 Å². The van der Waals surface area contributed by atoms with E-state index in [0.29, 0.717) is 16.9 Å². The summed E-state index contributed by atoms with van der Waals surface area (Å²) in [7, 11) is 1.59. The van der Waals surface area contributed by atoms with Crippen molar-refractivity contribution < 1.29 is 4.79 Å². The van der Waals surface area contributed by atoms with Gasteiger partial charge in [0.05, 0.1) is 11.4 Å². The number of anilines is 1. The molecule has 0 aromatic heterocycles. The molecule has 0 aliphatic carbocycles. The van der Waals surface area contributed by atoms with E-state index in [2.05, 4.69) is 15.5 Å². The van der Waals surface area contributed by atoms with E-state index >= 15 is 0 Å². The fourth-order valence-electron chi connectivity index (χ4n) is 1.48. The molecule has 1 amide bonds. The van der Waals surface area contributed by atoms with Crippen molar-refractivity contribution in [3.05, 3.63) is 54.1 Å². The third-order valence-electron chi connectivity index (χ3n) is 2.53. The predicted octanol–water partition coefficient (Wildman–Crippen LogP) is 3.04. The van der Waals surface area contributed by atoms with Crippen LogP contribution < -0.4 is 11.1 Å². The van der Waals surface area contributed by atoms with E-state index in [9.17, 15) is 4.79 Å². The van der Waals surface area contributed by atoms with Crippen LogP contribution in [-0.2, 0) is 0 Å². The molecule has 0 saturated heterocycles. The average molecular weight is 254 g/mol. The number of nitrogens with two attached hydrogens (primary N) is 1. The van der Waals surface area contributed by atoms with Gasteiger partial charge in [0.1, 0.15) is 0 Å². The molecule has 0 fully saturated rings. The molecule has 0 unspecified atom stereocenters. The van der Waals surface area contributed by atoms with E-state index in [1.165, 1.54) is 0 Å². The second kappa shape index (κ2) is 5.77. The molecule has 5 heteroatoms. The standard InChI is InChI=1S/C14H14N4O/c1-16-14(19)10-2-6-12(7-3-10)17-18-13-8-4-11(15)5-9-13/h2-9H,15H2,1H3,(H,16,19). The summed E-state index contributed by atoms with van der Waals surface area (Å²) < 4.78 is 0. The largest absolute Gasteiger partial charge is 0.399 e. The molecule has 19 heavy (non-hydrogen) atoms. The molecule has 0 aliphatic rings. The van der Waals surface area contributed by atoms with Crippen LogP contribution in [0.2, 0.25) is 0 Å². The molecule has 2 aromatic carbocycles. The van der Waals surface area contributed by atoms with Gasteiger partial charge >= 0.3 is 0 Å². The lowest BCUT2D eigenvalue weighted by molar-refractivity contribution is 0.0963. The summed E-state index contributed by atoms with van der Waals surface area (Å²) in [6, 6.07) is 14.0. The number of azo groups is 1. The number of carbonyl (C=O) groups is 1. The van der Waals surface area contributed by atoms with E-state index in [1.54, 1.807) is 55.6 Å². The van der Waals surface area contributed by atoms with E-state index < -0.39 is 0 Å². The number of carbonyl (C=O) groups excluding carboxylic acids is 1. The van der Waals surface area contributed by atoms with Gasteiger partial charge in [0.15, 0.2) is 0 Å². The summed E-state index contributed by atoms with van der Waals surface area (Å²) in [6.45, 7) is 0. The number of nitrogen functional groups attached to an aromatic ring is 1. The van der Waals surface area contributed by atoms with Crippen molar-refractivity contribution in [3.8, 4) is 0 Å². The first kappa shape index (κ1) is 12.8. The summed E-state index contributed by atoms with van der Waals surface area (Å²) in [5.74, 6) is -0.123. The Labute approximate surface area is 111 Å². The minimum atomic E-state index is -0.123. The molecule has 2 aromatic rings. The summed E-state index contributed by atoms with van der Waals surface area (Å²) in [6.07, 6.45) is 0. The normalized spacial score (nSPS) is 10.6. The molecular formula is C14H14N4O. The topological polar surface area (TPSA) is 79.8 Å². The van der Waals surface area contributed by atoms with Gasteiger partial charge < -0.3 is 11.1 Å². The van der Waals surface area contributed by atoms with Gasteiger partial charge in [0, 0.05) is 18.3 Å². The van der Waals surface area contributed by atoms with E-state index in [-0.39, 0.29) is 5.91 Å². The molecule has 0 radical (unpaired) electrons. The Bertz CT molecular complexity index is 588. The van der Waals surface area contributed by atoms with Gasteiger partial charge in [-0.3, -0.25) is 4.79 Å². The van der Waals surface area contributed by atoms with E-state index in [4.69, 9.17) is 5.73 Å². The number of amides is 1. The number of nitrogens with zero attached hydrogens (tertiary/aromatic N) is 2. The van der Waals surface area contributed by atoms with Crippen molar-refractivity contribution in [2.75, 3.05) is 12.8 Å². The third-order valence-corrected chi connectivity index (χ3v) is 2.53. The van der Waals surface area contributed by atoms with Crippen LogP contribution in [0.25, 0.3) is 0 Å². The van der Waals surface area contributed by atoms with Gasteiger partial charge in [-0.25, -0.2) is 0 Å². The highest BCUT2D eigenvalue weighted by atomic mass is 16.1. The maximum atomic E-state index is 11.4. The van der Waals surface area contributed by atoms with E-state index in [1.807, 2.05) is 0 Å². The SMILES string of the molecule is CNC(=O)c1ccc(N=Nc2ccc(N)cc2)cc1. The van der Waals surface area contributed by atoms with Crippen LogP contribution in [0.15, 0.2) is 58.8 Å². The van der Waals surface area contributed by atoms with Gasteiger partial charge in [-0.15, -0.1) is 0 Å². The monoisotopic (exact) mass is 254 g/mol. The number of rotatable bonds is 3. The molecule has 0 heterocycles. The average Bonchev–Trinajstić information content (AvgIpc) is 2.46. The molecule has 0 aliphatic heterocycles. The first-order valence-electron chi connectivity index (χ1n) is 5.78. The van der Waals surface area contributed by atoms with Crippen LogP contribution in [0.1, 0.15) is 10.4 Å². The molecule has 0 saturated carbocycles. The van der Waals surface area contributed by atoms with Crippen LogP contribution in [0.5, 0.6) is 0 Å². The first-order chi connectivity index (χ1) is 9.19. The van der Waals surface area contributed by atoms with Crippen LogP contribution in [-0.4, -0.2) is 13.0 Å². The fraction of sp³-hybridized carbons (Fsp3) is 0.0714. The van der Waals surface area contributed by atoms with Crippen molar-refractivity contribution in [2.24, 2.45) is 10.2 Å². The van der Waals surface area contributed by atoms with Crippen molar-refractivity contribution in [2.45, 2.75) is 0 Å². The lowest BCUT2D eigenvalue weighted by Crippen LogP contribution is -2.17. The molecule has 3 N–H and O–H groups in total. The lowest BCUT2D eigenvalue weighted by Gasteiger charge is -1.99. The predicted molar refractivity (Wildman–Crippen MR) is 74.9 cm³/mol. The zero-order valence-electron chi connectivity index (χ0n) is 10.5. The highest BCUT2D eigenvalue weighted by Crippen LogP contribution is 2.19. The molecule has 2 rings (SSSR count). The lowest BCUT2D eigenvalue weighted by atomic mass is 10.2. The molecule has 96 valence electrons. The Kier molecular flexibility index (Phi) is 3.87. The quantitative estimate of drug-likeness (QED) is 0.652. The zero-order valence-corrected chi connectivity index (χ0v) is 10.5. The Morgan fingerprint density at radius 2 is 1.42 bits per heavy atom. The third kappa shape index (κ3) is 3.38. The van der Waals surface area contributed by atoms with Crippen LogP contribution in [0.4, 0.5) is 17.1 Å². The second-order valence-electron chi connectivity index (χ2n) is 3.92. The van der Waals surface area contributed by atoms with Crippen LogP contribution >= 0.6 is 0 Å². The summed E-state index contributed by atoms with van der Waals surface area (Å²) >= 11 is 0. The number of benzene rings is 2. The zero-order chi connectivity index (χ0) is 13.7. The molecule has 0 bridgehead atoms. The summed E-state index contributed by atoms with van der Waals surface area (Å²) in [5, 5.41) is 10.7. The highest BCUT2D eigenvalue weighted by Gasteiger charge is 2.01. The van der Waals surface area contributed by atoms with Gasteiger partial charge in [-0.1, -0.05) is 0 Å². The summed E-state index contributed by atoms with van der Waals surface area (Å²) in [4.78, 5) is 11.4. The Balaban J connectivity index is 2.11. The maximum absolute atomic E-state index is 11.4. The van der Waals surface area contributed by atoms with Crippen molar-refractivity contribution in [3.63, 3.8) is 0 Å². The second-order valence-corrected chi connectivity index (χ2v) is 3.92. The van der Waals surface area contributed by atoms with Gasteiger partial charge in [-0.2, -0.15) is 10.2 Å². The smallest absolute Gasteiger partial charge is 0.251 e. The highest BCUT2D eigenvalue weighted by molar-refractivity contribution is 5.94. The van der Waals surface area contributed by atoms with Gasteiger partial charge in [-0.05, 0) is 48.5 Å². The van der Waals surface area contributed by atoms with Crippen molar-refractivity contribution in [1.29, 1.82) is 0 Å². The Morgan fingerprint density at radius 3 is 1.89 bits per heavy atom. The van der Waals surface area contributed by atoms with Crippen molar-refractivity contribution >= 4 is 23.0 Å².